The fourth-order valence-corrected chi connectivity index (χ4v) is 1.00. The molecule has 0 aliphatic heterocycles. The van der Waals surface area contributed by atoms with E-state index in [0.29, 0.717) is 0 Å². The normalized spacial score (nSPS) is 11.2. The third kappa shape index (κ3) is 5.68. The Morgan fingerprint density at radius 3 is 2.17 bits per heavy atom. The Morgan fingerprint density at radius 1 is 1.22 bits per heavy atom. The van der Waals surface area contributed by atoms with Crippen LogP contribution in [0.25, 0.3) is 0 Å². The van der Waals surface area contributed by atoms with Crippen LogP contribution in [0.4, 0.5) is 4.79 Å². The van der Waals surface area contributed by atoms with Gasteiger partial charge in [0.05, 0.1) is 6.42 Å². The lowest BCUT2D eigenvalue weighted by atomic mass is 10.2. The first-order chi connectivity index (χ1) is 8.27. The zero-order valence-corrected chi connectivity index (χ0v) is 9.97. The van der Waals surface area contributed by atoms with Gasteiger partial charge in [-0.15, -0.1) is 0 Å². The molecule has 0 aromatic heterocycles. The van der Waals surface area contributed by atoms with Crippen molar-refractivity contribution in [2.45, 2.75) is 12.5 Å². The number of carbonyl (C=O) groups excluding carboxylic acids is 2. The van der Waals surface area contributed by atoms with Gasteiger partial charge in [-0.25, -0.2) is 9.59 Å². The van der Waals surface area contributed by atoms with Gasteiger partial charge in [0.2, 0.25) is 5.91 Å². The summed E-state index contributed by atoms with van der Waals surface area (Å²) in [5.41, 5.74) is 0. The van der Waals surface area contributed by atoms with Crippen LogP contribution in [0.5, 0.6) is 0 Å². The summed E-state index contributed by atoms with van der Waals surface area (Å²) in [7, 11) is 2.67. The second-order valence-corrected chi connectivity index (χ2v) is 3.47. The quantitative estimate of drug-likeness (QED) is 0.450. The molecule has 0 aliphatic carbocycles. The zero-order chi connectivity index (χ0) is 14.3. The van der Waals surface area contributed by atoms with Crippen molar-refractivity contribution in [3.8, 4) is 0 Å². The monoisotopic (exact) mass is 261 g/mol. The smallest absolute Gasteiger partial charge is 0.326 e. The van der Waals surface area contributed by atoms with Gasteiger partial charge >= 0.3 is 18.0 Å². The van der Waals surface area contributed by atoms with Gasteiger partial charge in [-0.3, -0.25) is 9.59 Å². The van der Waals surface area contributed by atoms with Gasteiger partial charge in [0.15, 0.2) is 0 Å². The average Bonchev–Trinajstić information content (AvgIpc) is 2.26. The number of hydrogen-bond donors (Lipinski definition) is 4. The molecule has 4 N–H and O–H groups in total. The van der Waals surface area contributed by atoms with E-state index in [-0.39, 0.29) is 6.54 Å². The van der Waals surface area contributed by atoms with Crippen molar-refractivity contribution in [3.05, 3.63) is 0 Å². The molecule has 0 rings (SSSR count). The zero-order valence-electron chi connectivity index (χ0n) is 9.97. The lowest BCUT2D eigenvalue weighted by molar-refractivity contribution is -0.145. The van der Waals surface area contributed by atoms with Crippen LogP contribution in [0, 0.1) is 0 Å². The molecular weight excluding hydrogens is 246 g/mol. The summed E-state index contributed by atoms with van der Waals surface area (Å²) >= 11 is 0. The van der Waals surface area contributed by atoms with Crippen molar-refractivity contribution in [3.63, 3.8) is 0 Å². The number of carboxylic acid groups (broad SMARTS) is 2. The van der Waals surface area contributed by atoms with Crippen LogP contribution < -0.4 is 10.6 Å². The van der Waals surface area contributed by atoms with Crippen LogP contribution in [0.3, 0.4) is 0 Å². The Labute approximate surface area is 103 Å². The first-order valence-corrected chi connectivity index (χ1v) is 4.94. The molecule has 0 heterocycles. The molecule has 0 aromatic rings. The molecule has 0 aromatic carbocycles. The number of amides is 3. The van der Waals surface area contributed by atoms with Gasteiger partial charge in [0, 0.05) is 14.1 Å². The second-order valence-electron chi connectivity index (χ2n) is 3.47. The van der Waals surface area contributed by atoms with Crippen molar-refractivity contribution < 1.29 is 29.4 Å². The molecule has 0 saturated heterocycles. The molecule has 9 nitrogen and oxygen atoms in total. The maximum Gasteiger partial charge on any atom is 0.326 e. The highest BCUT2D eigenvalue weighted by Gasteiger charge is 2.24. The molecule has 0 aliphatic rings. The topological polar surface area (TPSA) is 136 Å². The van der Waals surface area contributed by atoms with E-state index in [0.717, 1.165) is 4.90 Å². The minimum Gasteiger partial charge on any atom is -0.481 e. The molecule has 0 saturated carbocycles. The minimum atomic E-state index is -1.54. The van der Waals surface area contributed by atoms with Gasteiger partial charge in [-0.1, -0.05) is 0 Å². The molecule has 0 unspecified atom stereocenters. The van der Waals surface area contributed by atoms with E-state index in [4.69, 9.17) is 10.2 Å². The molecule has 9 heteroatoms. The number of carbonyl (C=O) groups is 4. The Kier molecular flexibility index (Phi) is 6.18. The second kappa shape index (κ2) is 7.09. The number of nitrogens with zero attached hydrogens (tertiary/aromatic N) is 1. The van der Waals surface area contributed by atoms with Crippen molar-refractivity contribution in [1.29, 1.82) is 0 Å². The van der Waals surface area contributed by atoms with Gasteiger partial charge in [-0.2, -0.15) is 0 Å². The number of aliphatic carboxylic acids is 2. The van der Waals surface area contributed by atoms with E-state index in [2.05, 4.69) is 5.32 Å². The Morgan fingerprint density at radius 2 is 1.78 bits per heavy atom. The largest absolute Gasteiger partial charge is 0.481 e. The third-order valence-corrected chi connectivity index (χ3v) is 1.98. The molecule has 0 bridgehead atoms. The summed E-state index contributed by atoms with van der Waals surface area (Å²) in [4.78, 5) is 44.5. The highest BCUT2D eigenvalue weighted by atomic mass is 16.4. The minimum absolute atomic E-state index is 0.262. The number of rotatable bonds is 6. The van der Waals surface area contributed by atoms with Crippen LogP contribution in [0.1, 0.15) is 6.42 Å². The first-order valence-electron chi connectivity index (χ1n) is 4.94. The third-order valence-electron chi connectivity index (χ3n) is 1.98. The van der Waals surface area contributed by atoms with Gasteiger partial charge in [-0.05, 0) is 0 Å². The SMILES string of the molecule is CNC(=O)CN(C)C(=O)N[C@H](CC(=O)O)C(=O)O. The van der Waals surface area contributed by atoms with Crippen molar-refractivity contribution in [2.75, 3.05) is 20.6 Å². The number of hydrogen-bond acceptors (Lipinski definition) is 4. The number of nitrogens with one attached hydrogen (secondary N) is 2. The molecule has 102 valence electrons. The predicted molar refractivity (Wildman–Crippen MR) is 58.9 cm³/mol. The van der Waals surface area contributed by atoms with Crippen molar-refractivity contribution in [2.24, 2.45) is 0 Å². The van der Waals surface area contributed by atoms with Crippen molar-refractivity contribution in [1.82, 2.24) is 15.5 Å². The lowest BCUT2D eigenvalue weighted by Crippen LogP contribution is -2.49. The molecule has 18 heavy (non-hydrogen) atoms. The van der Waals surface area contributed by atoms with Crippen LogP contribution >= 0.6 is 0 Å². The van der Waals surface area contributed by atoms with E-state index in [9.17, 15) is 19.2 Å². The van der Waals surface area contributed by atoms with E-state index in [1.807, 2.05) is 5.32 Å². The first kappa shape index (κ1) is 15.7. The van der Waals surface area contributed by atoms with E-state index < -0.39 is 36.3 Å². The summed E-state index contributed by atoms with van der Waals surface area (Å²) in [6.07, 6.45) is -0.741. The average molecular weight is 261 g/mol. The summed E-state index contributed by atoms with van der Waals surface area (Å²) in [5, 5.41) is 21.5. The fraction of sp³-hybridized carbons (Fsp3) is 0.556. The molecule has 0 radical (unpaired) electrons. The Hall–Kier alpha value is -2.32. The van der Waals surface area contributed by atoms with Gasteiger partial charge < -0.3 is 25.7 Å². The van der Waals surface area contributed by atoms with Crippen LogP contribution in [0.15, 0.2) is 0 Å². The summed E-state index contributed by atoms with van der Waals surface area (Å²) in [6.45, 7) is -0.262. The molecule has 3 amide bonds. The van der Waals surface area contributed by atoms with E-state index >= 15 is 0 Å². The molecule has 1 atom stereocenters. The number of urea groups is 1. The van der Waals surface area contributed by atoms with Crippen LogP contribution in [0.2, 0.25) is 0 Å². The molecular formula is C9H15N3O6. The standard InChI is InChI=1S/C9H15N3O6/c1-10-6(13)4-12(2)9(18)11-5(8(16)17)3-7(14)15/h5H,3-4H2,1-2H3,(H,10,13)(H,11,18)(H,14,15)(H,16,17)/t5-/m1/s1. The summed E-state index contributed by atoms with van der Waals surface area (Å²) in [5.74, 6) is -3.24. The van der Waals surface area contributed by atoms with Crippen LogP contribution in [-0.2, 0) is 14.4 Å². The van der Waals surface area contributed by atoms with E-state index in [1.54, 1.807) is 0 Å². The molecule has 0 fully saturated rings. The summed E-state index contributed by atoms with van der Waals surface area (Å²) in [6, 6.07) is -2.38. The fourth-order valence-electron chi connectivity index (χ4n) is 1.00. The summed E-state index contributed by atoms with van der Waals surface area (Å²) < 4.78 is 0. The van der Waals surface area contributed by atoms with Gasteiger partial charge in [0.1, 0.15) is 12.6 Å². The van der Waals surface area contributed by atoms with Gasteiger partial charge in [0.25, 0.3) is 0 Å². The predicted octanol–water partition coefficient (Wildman–Crippen LogP) is -1.70. The highest BCUT2D eigenvalue weighted by Crippen LogP contribution is 1.95. The molecule has 0 spiro atoms. The van der Waals surface area contributed by atoms with Crippen LogP contribution in [-0.4, -0.2) is 65.7 Å². The number of carboxylic acids is 2. The maximum atomic E-state index is 11.5. The number of likely N-dealkylation sites (N-methyl/N-ethyl adjacent to an activating group) is 2. The van der Waals surface area contributed by atoms with E-state index in [1.165, 1.54) is 14.1 Å². The van der Waals surface area contributed by atoms with Crippen molar-refractivity contribution >= 4 is 23.9 Å². The Bertz CT molecular complexity index is 356. The Balaban J connectivity index is 4.45. The highest BCUT2D eigenvalue weighted by molar-refractivity contribution is 5.88. The lowest BCUT2D eigenvalue weighted by Gasteiger charge is -2.19. The maximum absolute atomic E-state index is 11.5.